The first-order valence-corrected chi connectivity index (χ1v) is 9.58. The number of hydrogen-bond acceptors (Lipinski definition) is 6. The summed E-state index contributed by atoms with van der Waals surface area (Å²) in [5, 5.41) is -0.0355. The van der Waals surface area contributed by atoms with Crippen LogP contribution in [0, 0.1) is 0 Å². The Morgan fingerprint density at radius 3 is 2.61 bits per heavy atom. The van der Waals surface area contributed by atoms with E-state index in [9.17, 15) is 13.2 Å². The second kappa shape index (κ2) is 7.65. The number of sulfonamides is 1. The molecule has 8 heteroatoms. The summed E-state index contributed by atoms with van der Waals surface area (Å²) in [5.74, 6) is -0.512. The van der Waals surface area contributed by atoms with E-state index in [1.54, 1.807) is 24.3 Å². The predicted molar refractivity (Wildman–Crippen MR) is 89.9 cm³/mol. The van der Waals surface area contributed by atoms with Crippen LogP contribution in [0.4, 0.5) is 0 Å². The normalized spacial score (nSPS) is 23.6. The molecule has 0 amide bonds. The second-order valence-corrected chi connectivity index (χ2v) is 8.19. The van der Waals surface area contributed by atoms with E-state index in [1.807, 2.05) is 6.07 Å². The Morgan fingerprint density at radius 2 is 2.04 bits per heavy atom. The molecule has 3 atom stereocenters. The van der Waals surface area contributed by atoms with Crippen LogP contribution >= 0.6 is 12.6 Å². The van der Waals surface area contributed by atoms with Crippen LogP contribution in [0.15, 0.2) is 30.3 Å². The number of thiol groups is 1. The van der Waals surface area contributed by atoms with Gasteiger partial charge in [0.25, 0.3) is 0 Å². The molecule has 0 aromatic heterocycles. The summed E-state index contributed by atoms with van der Waals surface area (Å²) >= 11 is 4.36. The lowest BCUT2D eigenvalue weighted by molar-refractivity contribution is -0.155. The van der Waals surface area contributed by atoms with Gasteiger partial charge in [0, 0.05) is 17.8 Å². The molecule has 1 aliphatic heterocycles. The van der Waals surface area contributed by atoms with Gasteiger partial charge in [-0.15, -0.1) is 0 Å². The van der Waals surface area contributed by atoms with Gasteiger partial charge in [0.1, 0.15) is 0 Å². The van der Waals surface area contributed by atoms with Crippen LogP contribution in [0.25, 0.3) is 0 Å². The Bertz CT molecular complexity index is 635. The van der Waals surface area contributed by atoms with E-state index in [0.717, 1.165) is 0 Å². The first-order chi connectivity index (χ1) is 10.8. The van der Waals surface area contributed by atoms with Crippen molar-refractivity contribution < 1.29 is 22.7 Å². The maximum Gasteiger partial charge on any atom is 0.339 e. The minimum atomic E-state index is -3.33. The van der Waals surface area contributed by atoms with Crippen molar-refractivity contribution in [1.82, 2.24) is 4.31 Å². The number of rotatable bonds is 6. The summed E-state index contributed by atoms with van der Waals surface area (Å²) in [4.78, 5) is 12.0. The lowest BCUT2D eigenvalue weighted by Crippen LogP contribution is -2.38. The highest BCUT2D eigenvalue weighted by molar-refractivity contribution is 7.88. The zero-order valence-electron chi connectivity index (χ0n) is 13.1. The SMILES string of the molecule is COC(=O)[C@H](OC[C@@H]1C[C@@H](S)CN1S(C)(=O)=O)c1ccccc1. The molecule has 1 aliphatic rings. The molecule has 1 aromatic rings. The van der Waals surface area contributed by atoms with E-state index in [-0.39, 0.29) is 17.9 Å². The van der Waals surface area contributed by atoms with Crippen LogP contribution in [-0.4, -0.2) is 56.5 Å². The van der Waals surface area contributed by atoms with Crippen LogP contribution in [0.3, 0.4) is 0 Å². The maximum absolute atomic E-state index is 12.0. The molecule has 0 saturated carbocycles. The molecule has 0 unspecified atom stereocenters. The molecule has 1 fully saturated rings. The number of nitrogens with zero attached hydrogens (tertiary/aromatic N) is 1. The molecule has 0 aliphatic carbocycles. The summed E-state index contributed by atoms with van der Waals surface area (Å²) in [6.07, 6.45) is 0.876. The summed E-state index contributed by atoms with van der Waals surface area (Å²) in [7, 11) is -2.04. The Morgan fingerprint density at radius 1 is 1.39 bits per heavy atom. The minimum Gasteiger partial charge on any atom is -0.467 e. The molecule has 1 saturated heterocycles. The van der Waals surface area contributed by atoms with E-state index < -0.39 is 22.1 Å². The number of carbonyl (C=O) groups is 1. The Kier molecular flexibility index (Phi) is 6.07. The largest absolute Gasteiger partial charge is 0.467 e. The highest BCUT2D eigenvalue weighted by atomic mass is 32.2. The summed E-state index contributed by atoms with van der Waals surface area (Å²) in [6.45, 7) is 0.461. The average Bonchev–Trinajstić information content (AvgIpc) is 2.89. The van der Waals surface area contributed by atoms with Gasteiger partial charge in [0.2, 0.25) is 10.0 Å². The predicted octanol–water partition coefficient (Wildman–Crippen LogP) is 1.25. The quantitative estimate of drug-likeness (QED) is 0.611. The Labute approximate surface area is 142 Å². The van der Waals surface area contributed by atoms with Gasteiger partial charge < -0.3 is 9.47 Å². The van der Waals surface area contributed by atoms with E-state index in [0.29, 0.717) is 18.5 Å². The highest BCUT2D eigenvalue weighted by Gasteiger charge is 2.37. The zero-order valence-corrected chi connectivity index (χ0v) is 14.8. The number of methoxy groups -OCH3 is 1. The molecule has 0 radical (unpaired) electrons. The average molecular weight is 359 g/mol. The van der Waals surface area contributed by atoms with E-state index in [2.05, 4.69) is 12.6 Å². The number of esters is 1. The van der Waals surface area contributed by atoms with Crippen LogP contribution in [0.5, 0.6) is 0 Å². The van der Waals surface area contributed by atoms with E-state index in [1.165, 1.54) is 17.7 Å². The van der Waals surface area contributed by atoms with Crippen molar-refractivity contribution >= 4 is 28.6 Å². The second-order valence-electron chi connectivity index (χ2n) is 5.52. The third-order valence-electron chi connectivity index (χ3n) is 3.74. The maximum atomic E-state index is 12.0. The number of benzene rings is 1. The van der Waals surface area contributed by atoms with Crippen LogP contribution in [0.2, 0.25) is 0 Å². The Hall–Kier alpha value is -1.09. The van der Waals surface area contributed by atoms with Gasteiger partial charge >= 0.3 is 5.97 Å². The van der Waals surface area contributed by atoms with Gasteiger partial charge in [-0.1, -0.05) is 30.3 Å². The molecule has 2 rings (SSSR count). The summed E-state index contributed by atoms with van der Waals surface area (Å²) in [5.41, 5.74) is 0.672. The van der Waals surface area contributed by atoms with Crippen molar-refractivity contribution in [3.63, 3.8) is 0 Å². The van der Waals surface area contributed by atoms with Gasteiger partial charge in [-0.05, 0) is 12.0 Å². The molecule has 1 heterocycles. The lowest BCUT2D eigenvalue weighted by atomic mass is 10.1. The molecule has 128 valence electrons. The van der Waals surface area contributed by atoms with E-state index in [4.69, 9.17) is 9.47 Å². The fourth-order valence-electron chi connectivity index (χ4n) is 2.66. The molecular formula is C15H21NO5S2. The molecule has 0 bridgehead atoms. The third-order valence-corrected chi connectivity index (χ3v) is 5.41. The summed E-state index contributed by atoms with van der Waals surface area (Å²) in [6, 6.07) is 8.65. The topological polar surface area (TPSA) is 72.9 Å². The van der Waals surface area contributed by atoms with Gasteiger partial charge in [-0.25, -0.2) is 13.2 Å². The lowest BCUT2D eigenvalue weighted by Gasteiger charge is -2.24. The van der Waals surface area contributed by atoms with Crippen molar-refractivity contribution in [3.8, 4) is 0 Å². The first kappa shape index (κ1) is 18.3. The van der Waals surface area contributed by atoms with Crippen LogP contribution in [-0.2, 0) is 24.3 Å². The summed E-state index contributed by atoms with van der Waals surface area (Å²) < 4.78 is 35.6. The molecular weight excluding hydrogens is 338 g/mol. The molecule has 0 N–H and O–H groups in total. The fourth-order valence-corrected chi connectivity index (χ4v) is 4.33. The zero-order chi connectivity index (χ0) is 17.0. The minimum absolute atomic E-state index is 0.0355. The Balaban J connectivity index is 2.11. The standard InChI is InChI=1S/C15H21NO5S2/c1-20-15(17)14(11-6-4-3-5-7-11)21-10-12-8-13(22)9-16(12)23(2,18)19/h3-7,12-14,22H,8-10H2,1-2H3/t12-,13+,14+/m0/s1. The number of hydrogen-bond donors (Lipinski definition) is 1. The highest BCUT2D eigenvalue weighted by Crippen LogP contribution is 2.27. The van der Waals surface area contributed by atoms with Crippen molar-refractivity contribution in [2.24, 2.45) is 0 Å². The van der Waals surface area contributed by atoms with Gasteiger partial charge in [-0.2, -0.15) is 16.9 Å². The molecule has 0 spiro atoms. The van der Waals surface area contributed by atoms with Crippen molar-refractivity contribution in [2.45, 2.75) is 23.8 Å². The van der Waals surface area contributed by atoms with Gasteiger partial charge in [-0.3, -0.25) is 0 Å². The number of carbonyl (C=O) groups excluding carboxylic acids is 1. The first-order valence-electron chi connectivity index (χ1n) is 7.22. The third kappa shape index (κ3) is 4.69. The number of ether oxygens (including phenoxy) is 2. The van der Waals surface area contributed by atoms with Crippen molar-refractivity contribution in [3.05, 3.63) is 35.9 Å². The fraction of sp³-hybridized carbons (Fsp3) is 0.533. The molecule has 23 heavy (non-hydrogen) atoms. The molecule has 6 nitrogen and oxygen atoms in total. The smallest absolute Gasteiger partial charge is 0.339 e. The van der Waals surface area contributed by atoms with Crippen molar-refractivity contribution in [1.29, 1.82) is 0 Å². The van der Waals surface area contributed by atoms with Crippen molar-refractivity contribution in [2.75, 3.05) is 26.5 Å². The van der Waals surface area contributed by atoms with Crippen LogP contribution in [0.1, 0.15) is 18.1 Å². The van der Waals surface area contributed by atoms with E-state index >= 15 is 0 Å². The van der Waals surface area contributed by atoms with Gasteiger partial charge in [0.15, 0.2) is 6.10 Å². The van der Waals surface area contributed by atoms with Gasteiger partial charge in [0.05, 0.1) is 20.0 Å². The monoisotopic (exact) mass is 359 g/mol. The molecule has 1 aromatic carbocycles. The van der Waals surface area contributed by atoms with Crippen LogP contribution < -0.4 is 0 Å².